The minimum Gasteiger partial charge on any atom is -0.289 e. The fraction of sp³-hybridized carbons (Fsp3) is 0.316. The van der Waals surface area contributed by atoms with Gasteiger partial charge in [-0.2, -0.15) is 0 Å². The maximum Gasteiger partial charge on any atom is 0.192 e. The topological polar surface area (TPSA) is 17.1 Å². The first-order valence-corrected chi connectivity index (χ1v) is 7.07. The lowest BCUT2D eigenvalue weighted by molar-refractivity contribution is -0.111. The molecule has 0 aliphatic carbocycles. The highest BCUT2D eigenvalue weighted by atomic mass is 16.1. The number of allylic oxidation sites excluding steroid dienone is 10. The van der Waals surface area contributed by atoms with Gasteiger partial charge in [0.1, 0.15) is 0 Å². The molecule has 0 atom stereocenters. The van der Waals surface area contributed by atoms with Crippen LogP contribution in [-0.4, -0.2) is 5.78 Å². The number of Topliss-reactive ketones (excluding diaryl/α,β-unsaturated/α-hetero) is 1. The van der Waals surface area contributed by atoms with Crippen molar-refractivity contribution >= 4 is 5.78 Å². The number of hydrogen-bond donors (Lipinski definition) is 0. The van der Waals surface area contributed by atoms with Crippen LogP contribution < -0.4 is 0 Å². The molecule has 0 bridgehead atoms. The summed E-state index contributed by atoms with van der Waals surface area (Å²) in [6, 6.07) is 0. The maximum absolute atomic E-state index is 12.3. The second-order valence-electron chi connectivity index (χ2n) is 4.14. The highest BCUT2D eigenvalue weighted by molar-refractivity contribution is 6.11. The number of carbonyl (C=O) groups is 1. The SMILES string of the molecule is C=C/C=C(\C=C)C(=O)C(/C=C\C=C/C)=C/C(C)C.CC. The van der Waals surface area contributed by atoms with Gasteiger partial charge in [0.05, 0.1) is 0 Å². The number of carbonyl (C=O) groups excluding carboxylic acids is 1. The monoisotopic (exact) mass is 272 g/mol. The van der Waals surface area contributed by atoms with Gasteiger partial charge in [-0.3, -0.25) is 4.79 Å². The average molecular weight is 272 g/mol. The zero-order valence-electron chi connectivity index (χ0n) is 13.5. The Labute approximate surface area is 124 Å². The fourth-order valence-electron chi connectivity index (χ4n) is 1.37. The lowest BCUT2D eigenvalue weighted by Crippen LogP contribution is -2.04. The molecule has 0 saturated heterocycles. The molecule has 20 heavy (non-hydrogen) atoms. The van der Waals surface area contributed by atoms with Crippen molar-refractivity contribution in [1.29, 1.82) is 0 Å². The minimum absolute atomic E-state index is 0.0284. The van der Waals surface area contributed by atoms with Gasteiger partial charge in [-0.1, -0.05) is 89.5 Å². The molecule has 0 saturated carbocycles. The minimum atomic E-state index is -0.0284. The summed E-state index contributed by atoms with van der Waals surface area (Å²) in [6.45, 7) is 17.3. The van der Waals surface area contributed by atoms with Crippen molar-refractivity contribution in [3.63, 3.8) is 0 Å². The Morgan fingerprint density at radius 2 is 1.65 bits per heavy atom. The molecule has 0 spiro atoms. The summed E-state index contributed by atoms with van der Waals surface area (Å²) < 4.78 is 0. The summed E-state index contributed by atoms with van der Waals surface area (Å²) in [6.07, 6.45) is 14.3. The second-order valence-corrected chi connectivity index (χ2v) is 4.14. The highest BCUT2D eigenvalue weighted by Gasteiger charge is 2.10. The molecule has 0 N–H and O–H groups in total. The molecule has 0 radical (unpaired) electrons. The van der Waals surface area contributed by atoms with Crippen molar-refractivity contribution in [3.05, 3.63) is 72.9 Å². The van der Waals surface area contributed by atoms with Crippen LogP contribution in [0.1, 0.15) is 34.6 Å². The summed E-state index contributed by atoms with van der Waals surface area (Å²) in [4.78, 5) is 12.3. The third-order valence-corrected chi connectivity index (χ3v) is 2.13. The van der Waals surface area contributed by atoms with Crippen LogP contribution in [-0.2, 0) is 4.79 Å². The Hall–Kier alpha value is -1.89. The zero-order chi connectivity index (χ0) is 16.0. The van der Waals surface area contributed by atoms with Crippen LogP contribution in [0.15, 0.2) is 72.9 Å². The van der Waals surface area contributed by atoms with E-state index < -0.39 is 0 Å². The molecule has 0 unspecified atom stereocenters. The Morgan fingerprint density at radius 3 is 2.05 bits per heavy atom. The van der Waals surface area contributed by atoms with E-state index in [4.69, 9.17) is 0 Å². The van der Waals surface area contributed by atoms with Gasteiger partial charge in [0.2, 0.25) is 0 Å². The third kappa shape index (κ3) is 9.09. The molecule has 0 aliphatic heterocycles. The Kier molecular flexibility index (Phi) is 13.8. The van der Waals surface area contributed by atoms with Crippen LogP contribution in [0.4, 0.5) is 0 Å². The summed E-state index contributed by atoms with van der Waals surface area (Å²) >= 11 is 0. The number of ketones is 1. The van der Waals surface area contributed by atoms with Gasteiger partial charge >= 0.3 is 0 Å². The van der Waals surface area contributed by atoms with E-state index in [2.05, 4.69) is 13.2 Å². The van der Waals surface area contributed by atoms with Crippen molar-refractivity contribution in [2.24, 2.45) is 5.92 Å². The second kappa shape index (κ2) is 13.5. The van der Waals surface area contributed by atoms with E-state index in [0.29, 0.717) is 17.1 Å². The van der Waals surface area contributed by atoms with Crippen molar-refractivity contribution in [2.75, 3.05) is 0 Å². The summed E-state index contributed by atoms with van der Waals surface area (Å²) in [7, 11) is 0. The van der Waals surface area contributed by atoms with Gasteiger partial charge in [0.25, 0.3) is 0 Å². The van der Waals surface area contributed by atoms with Gasteiger partial charge in [-0.15, -0.1) is 0 Å². The van der Waals surface area contributed by atoms with Crippen LogP contribution in [0.25, 0.3) is 0 Å². The first kappa shape index (κ1) is 20.4. The van der Waals surface area contributed by atoms with Gasteiger partial charge in [-0.05, 0) is 12.8 Å². The standard InChI is InChI=1S/C17H22O.C2H6/c1-6-9-10-12-16(13-14(4)5)17(18)15(8-3)11-7-2;1-2/h6-14H,2-3H2,1,4-5H3;1-2H3/b9-6-,12-10-,15-11+,16-13+;. The molecular formula is C19H28O. The smallest absolute Gasteiger partial charge is 0.192 e. The van der Waals surface area contributed by atoms with E-state index in [-0.39, 0.29) is 5.78 Å². The Bertz CT molecular complexity index is 415. The Morgan fingerprint density at radius 1 is 1.05 bits per heavy atom. The number of hydrogen-bond acceptors (Lipinski definition) is 1. The van der Waals surface area contributed by atoms with Crippen LogP contribution in [0.3, 0.4) is 0 Å². The van der Waals surface area contributed by atoms with Crippen LogP contribution in [0.2, 0.25) is 0 Å². The van der Waals surface area contributed by atoms with Crippen molar-refractivity contribution < 1.29 is 4.79 Å². The summed E-state index contributed by atoms with van der Waals surface area (Å²) in [5.41, 5.74) is 1.23. The molecule has 110 valence electrons. The van der Waals surface area contributed by atoms with Crippen molar-refractivity contribution in [2.45, 2.75) is 34.6 Å². The molecule has 0 heterocycles. The third-order valence-electron chi connectivity index (χ3n) is 2.13. The molecule has 0 fully saturated rings. The molecule has 0 amide bonds. The Balaban J connectivity index is 0. The van der Waals surface area contributed by atoms with Gasteiger partial charge in [-0.25, -0.2) is 0 Å². The zero-order valence-corrected chi connectivity index (χ0v) is 13.5. The van der Waals surface area contributed by atoms with Gasteiger partial charge < -0.3 is 0 Å². The maximum atomic E-state index is 12.3. The first-order valence-electron chi connectivity index (χ1n) is 7.07. The largest absolute Gasteiger partial charge is 0.289 e. The van der Waals surface area contributed by atoms with E-state index in [1.54, 1.807) is 18.2 Å². The average Bonchev–Trinajstić information content (AvgIpc) is 2.45. The lowest BCUT2D eigenvalue weighted by Gasteiger charge is -2.04. The van der Waals surface area contributed by atoms with E-state index in [9.17, 15) is 4.79 Å². The molecule has 0 aromatic heterocycles. The lowest BCUT2D eigenvalue weighted by atomic mass is 9.99. The molecule has 0 aromatic carbocycles. The molecular weight excluding hydrogens is 244 g/mol. The summed E-state index contributed by atoms with van der Waals surface area (Å²) in [5, 5.41) is 0. The fourth-order valence-corrected chi connectivity index (χ4v) is 1.37. The van der Waals surface area contributed by atoms with E-state index in [0.717, 1.165) is 0 Å². The molecule has 0 rings (SSSR count). The predicted molar refractivity (Wildman–Crippen MR) is 91.7 cm³/mol. The quantitative estimate of drug-likeness (QED) is 0.436. The van der Waals surface area contributed by atoms with Crippen molar-refractivity contribution in [1.82, 2.24) is 0 Å². The van der Waals surface area contributed by atoms with Crippen LogP contribution >= 0.6 is 0 Å². The predicted octanol–water partition coefficient (Wildman–Crippen LogP) is 5.59. The van der Waals surface area contributed by atoms with Crippen molar-refractivity contribution in [3.8, 4) is 0 Å². The first-order chi connectivity index (χ1) is 9.56. The highest BCUT2D eigenvalue weighted by Crippen LogP contribution is 2.12. The normalized spacial score (nSPS) is 12.5. The number of rotatable bonds is 7. The van der Waals surface area contributed by atoms with Crippen LogP contribution in [0, 0.1) is 5.92 Å². The molecule has 0 aliphatic rings. The van der Waals surface area contributed by atoms with Gasteiger partial charge in [0, 0.05) is 11.1 Å². The van der Waals surface area contributed by atoms with E-state index >= 15 is 0 Å². The summed E-state index contributed by atoms with van der Waals surface area (Å²) in [5.74, 6) is 0.286. The van der Waals surface area contributed by atoms with Gasteiger partial charge in [0.15, 0.2) is 5.78 Å². The van der Waals surface area contributed by atoms with Crippen LogP contribution in [0.5, 0.6) is 0 Å². The van der Waals surface area contributed by atoms with E-state index in [1.807, 2.05) is 65.0 Å². The van der Waals surface area contributed by atoms with E-state index in [1.165, 1.54) is 0 Å². The molecule has 1 nitrogen and oxygen atoms in total. The molecule has 1 heteroatoms. The molecule has 0 aromatic rings.